The van der Waals surface area contributed by atoms with Crippen molar-refractivity contribution in [2.75, 3.05) is 32.8 Å². The van der Waals surface area contributed by atoms with Gasteiger partial charge in [-0.25, -0.2) is 4.68 Å². The molecule has 0 spiro atoms. The highest BCUT2D eigenvalue weighted by Gasteiger charge is 2.33. The van der Waals surface area contributed by atoms with E-state index in [9.17, 15) is 4.79 Å². The lowest BCUT2D eigenvalue weighted by Gasteiger charge is -2.20. The molecule has 0 saturated carbocycles. The maximum Gasteiger partial charge on any atom is 0.278 e. The molecule has 144 valence electrons. The Morgan fingerprint density at radius 3 is 2.56 bits per heavy atom. The molecule has 0 aliphatic carbocycles. The number of aromatic nitrogens is 2. The van der Waals surface area contributed by atoms with Crippen molar-refractivity contribution in [1.82, 2.24) is 20.0 Å². The summed E-state index contributed by atoms with van der Waals surface area (Å²) in [5.41, 5.74) is 1.35. The molecule has 0 radical (unpaired) electrons. The Balaban J connectivity index is 1.57. The molecule has 0 unspecified atom stereocenters. The molecule has 2 aliphatic heterocycles. The van der Waals surface area contributed by atoms with Crippen LogP contribution in [0.4, 0.5) is 0 Å². The van der Waals surface area contributed by atoms with Crippen LogP contribution in [-0.4, -0.2) is 53.4 Å². The molecule has 2 aliphatic rings. The van der Waals surface area contributed by atoms with Crippen molar-refractivity contribution >= 4 is 5.91 Å². The molecule has 6 nitrogen and oxygen atoms in total. The summed E-state index contributed by atoms with van der Waals surface area (Å²) in [6, 6.07) is 9.85. The van der Waals surface area contributed by atoms with Gasteiger partial charge in [0.05, 0.1) is 18.5 Å². The fourth-order valence-electron chi connectivity index (χ4n) is 4.11. The number of nitrogens with zero attached hydrogens (tertiary/aromatic N) is 3. The van der Waals surface area contributed by atoms with Crippen molar-refractivity contribution in [3.8, 4) is 11.4 Å². The van der Waals surface area contributed by atoms with Crippen LogP contribution in [0.2, 0.25) is 0 Å². The van der Waals surface area contributed by atoms with Crippen LogP contribution in [0, 0.1) is 11.8 Å². The number of carbonyl (C=O) groups is 1. The Morgan fingerprint density at radius 2 is 1.89 bits per heavy atom. The van der Waals surface area contributed by atoms with E-state index in [-0.39, 0.29) is 5.91 Å². The van der Waals surface area contributed by atoms with Gasteiger partial charge >= 0.3 is 0 Å². The van der Waals surface area contributed by atoms with E-state index < -0.39 is 0 Å². The zero-order valence-electron chi connectivity index (χ0n) is 15.9. The van der Waals surface area contributed by atoms with Crippen molar-refractivity contribution in [1.29, 1.82) is 0 Å². The molecule has 4 rings (SSSR count). The largest absolute Gasteiger partial charge is 0.489 e. The number of benzene rings is 1. The predicted octanol–water partition coefficient (Wildman–Crippen LogP) is 2.73. The SMILES string of the molecule is CCCOc1cn(-c2ccccc2)nc1C(=O)N1CC[C@@H]2CNC[C@@H]2CC1. The van der Waals surface area contributed by atoms with Gasteiger partial charge in [0, 0.05) is 13.1 Å². The van der Waals surface area contributed by atoms with Gasteiger partial charge in [0.2, 0.25) is 0 Å². The van der Waals surface area contributed by atoms with Crippen molar-refractivity contribution < 1.29 is 9.53 Å². The quantitative estimate of drug-likeness (QED) is 0.882. The monoisotopic (exact) mass is 368 g/mol. The highest BCUT2D eigenvalue weighted by molar-refractivity contribution is 5.95. The summed E-state index contributed by atoms with van der Waals surface area (Å²) in [6.45, 7) is 6.40. The number of para-hydroxylation sites is 1. The maximum atomic E-state index is 13.3. The van der Waals surface area contributed by atoms with Crippen LogP contribution in [-0.2, 0) is 0 Å². The fraction of sp³-hybridized carbons (Fsp3) is 0.524. The summed E-state index contributed by atoms with van der Waals surface area (Å²) in [5.74, 6) is 1.96. The maximum absolute atomic E-state index is 13.3. The molecule has 27 heavy (non-hydrogen) atoms. The number of hydrogen-bond donors (Lipinski definition) is 1. The van der Waals surface area contributed by atoms with Crippen LogP contribution in [0.25, 0.3) is 5.69 Å². The van der Waals surface area contributed by atoms with Gasteiger partial charge in [-0.3, -0.25) is 4.79 Å². The summed E-state index contributed by atoms with van der Waals surface area (Å²) >= 11 is 0. The van der Waals surface area contributed by atoms with E-state index in [1.807, 2.05) is 41.4 Å². The van der Waals surface area contributed by atoms with Crippen LogP contribution in [0.1, 0.15) is 36.7 Å². The second-order valence-corrected chi connectivity index (χ2v) is 7.52. The van der Waals surface area contributed by atoms with Crippen molar-refractivity contribution in [3.63, 3.8) is 0 Å². The molecule has 2 aromatic rings. The lowest BCUT2D eigenvalue weighted by atomic mass is 9.92. The molecule has 1 aromatic carbocycles. The zero-order chi connectivity index (χ0) is 18.6. The Morgan fingerprint density at radius 1 is 1.19 bits per heavy atom. The zero-order valence-corrected chi connectivity index (χ0v) is 15.9. The van der Waals surface area contributed by atoms with Crippen LogP contribution < -0.4 is 10.1 Å². The average Bonchev–Trinajstić information content (AvgIpc) is 3.29. The van der Waals surface area contributed by atoms with Crippen molar-refractivity contribution in [2.24, 2.45) is 11.8 Å². The van der Waals surface area contributed by atoms with Crippen LogP contribution in [0.15, 0.2) is 36.5 Å². The van der Waals surface area contributed by atoms with Crippen LogP contribution >= 0.6 is 0 Å². The first-order valence-electron chi connectivity index (χ1n) is 10.0. The van der Waals surface area contributed by atoms with Crippen LogP contribution in [0.5, 0.6) is 5.75 Å². The number of fused-ring (bicyclic) bond motifs is 1. The van der Waals surface area contributed by atoms with E-state index in [0.717, 1.165) is 51.1 Å². The Kier molecular flexibility index (Phi) is 5.43. The molecule has 2 fully saturated rings. The number of rotatable bonds is 5. The third kappa shape index (κ3) is 3.86. The molecular weight excluding hydrogens is 340 g/mol. The fourth-order valence-corrected chi connectivity index (χ4v) is 4.11. The molecule has 1 N–H and O–H groups in total. The molecule has 3 heterocycles. The average molecular weight is 368 g/mol. The minimum Gasteiger partial charge on any atom is -0.489 e. The lowest BCUT2D eigenvalue weighted by Crippen LogP contribution is -2.33. The Bertz CT molecular complexity index is 760. The first kappa shape index (κ1) is 18.0. The minimum atomic E-state index is -0.0104. The molecule has 2 atom stereocenters. The smallest absolute Gasteiger partial charge is 0.278 e. The summed E-state index contributed by atoms with van der Waals surface area (Å²) in [7, 11) is 0. The van der Waals surface area contributed by atoms with Gasteiger partial charge in [0.25, 0.3) is 5.91 Å². The summed E-state index contributed by atoms with van der Waals surface area (Å²) in [4.78, 5) is 15.2. The minimum absolute atomic E-state index is 0.0104. The van der Waals surface area contributed by atoms with E-state index in [4.69, 9.17) is 4.74 Å². The highest BCUT2D eigenvalue weighted by atomic mass is 16.5. The Labute approximate surface area is 160 Å². The topological polar surface area (TPSA) is 59.4 Å². The first-order chi connectivity index (χ1) is 13.3. The number of likely N-dealkylation sites (tertiary alicyclic amines) is 1. The molecular formula is C21H28N4O2. The van der Waals surface area contributed by atoms with Gasteiger partial charge in [0.15, 0.2) is 11.4 Å². The summed E-state index contributed by atoms with van der Waals surface area (Å²) in [6.07, 6.45) is 4.85. The second kappa shape index (κ2) is 8.13. The lowest BCUT2D eigenvalue weighted by molar-refractivity contribution is 0.0747. The third-order valence-corrected chi connectivity index (χ3v) is 5.67. The first-order valence-corrected chi connectivity index (χ1v) is 10.0. The second-order valence-electron chi connectivity index (χ2n) is 7.52. The predicted molar refractivity (Wildman–Crippen MR) is 104 cm³/mol. The molecule has 2 saturated heterocycles. The standard InChI is InChI=1S/C21H28N4O2/c1-2-12-27-19-15-25(18-6-4-3-5-7-18)23-20(19)21(26)24-10-8-16-13-22-14-17(16)9-11-24/h3-7,15-17,22H,2,8-14H2,1H3/t16-,17+. The van der Waals surface area contributed by atoms with Gasteiger partial charge in [-0.2, -0.15) is 5.10 Å². The van der Waals surface area contributed by atoms with Gasteiger partial charge in [-0.1, -0.05) is 25.1 Å². The van der Waals surface area contributed by atoms with Gasteiger partial charge in [0.1, 0.15) is 0 Å². The van der Waals surface area contributed by atoms with Crippen molar-refractivity contribution in [2.45, 2.75) is 26.2 Å². The van der Waals surface area contributed by atoms with Gasteiger partial charge in [-0.05, 0) is 56.3 Å². The van der Waals surface area contributed by atoms with E-state index in [1.54, 1.807) is 4.68 Å². The summed E-state index contributed by atoms with van der Waals surface area (Å²) in [5, 5.41) is 8.08. The Hall–Kier alpha value is -2.34. The number of carbonyl (C=O) groups excluding carboxylic acids is 1. The number of ether oxygens (including phenoxy) is 1. The molecule has 1 aromatic heterocycles. The van der Waals surface area contributed by atoms with E-state index in [1.165, 1.54) is 0 Å². The molecule has 1 amide bonds. The number of nitrogens with one attached hydrogen (secondary N) is 1. The molecule has 0 bridgehead atoms. The van der Waals surface area contributed by atoms with E-state index in [2.05, 4.69) is 17.3 Å². The normalized spacial score (nSPS) is 22.3. The van der Waals surface area contributed by atoms with E-state index in [0.29, 0.717) is 29.9 Å². The van der Waals surface area contributed by atoms with Gasteiger partial charge < -0.3 is 15.0 Å². The highest BCUT2D eigenvalue weighted by Crippen LogP contribution is 2.29. The molecule has 6 heteroatoms. The third-order valence-electron chi connectivity index (χ3n) is 5.67. The number of hydrogen-bond acceptors (Lipinski definition) is 4. The van der Waals surface area contributed by atoms with Crippen molar-refractivity contribution in [3.05, 3.63) is 42.2 Å². The number of amides is 1. The van der Waals surface area contributed by atoms with E-state index >= 15 is 0 Å². The summed E-state index contributed by atoms with van der Waals surface area (Å²) < 4.78 is 7.61. The van der Waals surface area contributed by atoms with Gasteiger partial charge in [-0.15, -0.1) is 0 Å². The van der Waals surface area contributed by atoms with Crippen LogP contribution in [0.3, 0.4) is 0 Å².